The van der Waals surface area contributed by atoms with E-state index in [1.165, 1.54) is 43.5 Å². The number of hydrogen-bond donors (Lipinski definition) is 1. The summed E-state index contributed by atoms with van der Waals surface area (Å²) in [6, 6.07) is 10.8. The second kappa shape index (κ2) is 6.91. The summed E-state index contributed by atoms with van der Waals surface area (Å²) in [5, 5.41) is 3.38. The van der Waals surface area contributed by atoms with Crippen molar-refractivity contribution in [1.29, 1.82) is 0 Å². The zero-order valence-electron chi connectivity index (χ0n) is 13.5. The molecule has 2 heterocycles. The molecular formula is C18H29N3. The van der Waals surface area contributed by atoms with E-state index in [-0.39, 0.29) is 0 Å². The maximum Gasteiger partial charge on any atom is 0.0234 e. The monoisotopic (exact) mass is 287 g/mol. The molecule has 0 radical (unpaired) electrons. The number of rotatable bonds is 5. The van der Waals surface area contributed by atoms with E-state index >= 15 is 0 Å². The predicted molar refractivity (Wildman–Crippen MR) is 88.3 cm³/mol. The Balaban J connectivity index is 1.56. The number of fused-ring (bicyclic) bond motifs is 2. The molecule has 2 saturated heterocycles. The largest absolute Gasteiger partial charge is 0.313 e. The van der Waals surface area contributed by atoms with Crippen molar-refractivity contribution in [3.63, 3.8) is 0 Å². The Morgan fingerprint density at radius 3 is 2.52 bits per heavy atom. The lowest BCUT2D eigenvalue weighted by molar-refractivity contribution is 0.214. The van der Waals surface area contributed by atoms with Gasteiger partial charge in [0, 0.05) is 38.3 Å². The van der Waals surface area contributed by atoms with Gasteiger partial charge in [0.25, 0.3) is 0 Å². The minimum Gasteiger partial charge on any atom is -0.313 e. The zero-order valence-corrected chi connectivity index (χ0v) is 13.5. The predicted octanol–water partition coefficient (Wildman–Crippen LogP) is 2.46. The van der Waals surface area contributed by atoms with Gasteiger partial charge in [-0.3, -0.25) is 9.80 Å². The molecule has 3 nitrogen and oxygen atoms in total. The molecule has 0 saturated carbocycles. The molecule has 0 aliphatic carbocycles. The van der Waals surface area contributed by atoms with Crippen molar-refractivity contribution < 1.29 is 0 Å². The summed E-state index contributed by atoms with van der Waals surface area (Å²) in [4.78, 5) is 5.28. The Hall–Kier alpha value is -0.900. The molecule has 0 aromatic heterocycles. The van der Waals surface area contributed by atoms with Crippen molar-refractivity contribution in [2.75, 3.05) is 26.7 Å². The van der Waals surface area contributed by atoms with Gasteiger partial charge in [-0.25, -0.2) is 0 Å². The van der Waals surface area contributed by atoms with Gasteiger partial charge in [0.2, 0.25) is 0 Å². The van der Waals surface area contributed by atoms with Crippen LogP contribution >= 0.6 is 0 Å². The Morgan fingerprint density at radius 2 is 1.76 bits per heavy atom. The number of likely N-dealkylation sites (N-methyl/N-ethyl adjacent to an activating group) is 1. The first-order valence-electron chi connectivity index (χ1n) is 8.49. The molecule has 116 valence electrons. The van der Waals surface area contributed by atoms with E-state index in [1.807, 2.05) is 0 Å². The SMILES string of the molecule is CCNCc1ccc(CN2CCC3CCC(C2)N3C)cc1. The van der Waals surface area contributed by atoms with Crippen LogP contribution in [0, 0.1) is 0 Å². The molecule has 21 heavy (non-hydrogen) atoms. The average Bonchev–Trinajstić information content (AvgIpc) is 2.75. The summed E-state index contributed by atoms with van der Waals surface area (Å²) >= 11 is 0. The van der Waals surface area contributed by atoms with Gasteiger partial charge in [-0.15, -0.1) is 0 Å². The molecule has 1 N–H and O–H groups in total. The Bertz CT molecular complexity index is 442. The molecule has 3 rings (SSSR count). The fraction of sp³-hybridized carbons (Fsp3) is 0.667. The van der Waals surface area contributed by atoms with Crippen molar-refractivity contribution in [1.82, 2.24) is 15.1 Å². The molecule has 3 heteroatoms. The van der Waals surface area contributed by atoms with Gasteiger partial charge >= 0.3 is 0 Å². The molecule has 0 amide bonds. The summed E-state index contributed by atoms with van der Waals surface area (Å²) < 4.78 is 0. The second-order valence-electron chi connectivity index (χ2n) is 6.67. The summed E-state index contributed by atoms with van der Waals surface area (Å²) in [5.41, 5.74) is 2.84. The van der Waals surface area contributed by atoms with Crippen molar-refractivity contribution in [3.8, 4) is 0 Å². The molecular weight excluding hydrogens is 258 g/mol. The van der Waals surface area contributed by atoms with Crippen LogP contribution in [-0.2, 0) is 13.1 Å². The minimum absolute atomic E-state index is 0.783. The molecule has 1 aromatic carbocycles. The number of hydrogen-bond acceptors (Lipinski definition) is 3. The molecule has 2 aliphatic rings. The third-order valence-corrected chi connectivity index (χ3v) is 5.24. The third kappa shape index (κ3) is 3.65. The Morgan fingerprint density at radius 1 is 1.05 bits per heavy atom. The molecule has 1 aromatic rings. The van der Waals surface area contributed by atoms with Gasteiger partial charge < -0.3 is 5.32 Å². The molecule has 2 aliphatic heterocycles. The lowest BCUT2D eigenvalue weighted by Gasteiger charge is -2.25. The lowest BCUT2D eigenvalue weighted by Crippen LogP contribution is -2.36. The van der Waals surface area contributed by atoms with Gasteiger partial charge in [0.1, 0.15) is 0 Å². The van der Waals surface area contributed by atoms with Crippen molar-refractivity contribution in [2.45, 2.75) is 51.4 Å². The van der Waals surface area contributed by atoms with E-state index in [4.69, 9.17) is 0 Å². The molecule has 2 bridgehead atoms. The van der Waals surface area contributed by atoms with Crippen molar-refractivity contribution in [2.24, 2.45) is 0 Å². The summed E-state index contributed by atoms with van der Waals surface area (Å²) in [6.45, 7) is 7.77. The van der Waals surface area contributed by atoms with Crippen LogP contribution in [0.3, 0.4) is 0 Å². The average molecular weight is 287 g/mol. The highest BCUT2D eigenvalue weighted by atomic mass is 15.3. The smallest absolute Gasteiger partial charge is 0.0234 e. The normalized spacial score (nSPS) is 27.0. The van der Waals surface area contributed by atoms with E-state index < -0.39 is 0 Å². The van der Waals surface area contributed by atoms with Gasteiger partial charge in [0.05, 0.1) is 0 Å². The fourth-order valence-electron chi connectivity index (χ4n) is 3.81. The van der Waals surface area contributed by atoms with Crippen molar-refractivity contribution in [3.05, 3.63) is 35.4 Å². The minimum atomic E-state index is 0.783. The topological polar surface area (TPSA) is 18.5 Å². The van der Waals surface area contributed by atoms with Gasteiger partial charge in [-0.2, -0.15) is 0 Å². The van der Waals surface area contributed by atoms with E-state index in [0.29, 0.717) is 0 Å². The fourth-order valence-corrected chi connectivity index (χ4v) is 3.81. The highest BCUT2D eigenvalue weighted by Crippen LogP contribution is 2.28. The highest BCUT2D eigenvalue weighted by molar-refractivity contribution is 5.22. The van der Waals surface area contributed by atoms with Gasteiger partial charge in [-0.1, -0.05) is 31.2 Å². The molecule has 0 spiro atoms. The molecule has 2 atom stereocenters. The first kappa shape index (κ1) is 15.0. The van der Waals surface area contributed by atoms with Crippen LogP contribution < -0.4 is 5.32 Å². The van der Waals surface area contributed by atoms with E-state index in [0.717, 1.165) is 31.7 Å². The van der Waals surface area contributed by atoms with E-state index in [1.54, 1.807) is 0 Å². The quantitative estimate of drug-likeness (QED) is 0.897. The van der Waals surface area contributed by atoms with Crippen LogP contribution in [0.25, 0.3) is 0 Å². The van der Waals surface area contributed by atoms with E-state index in [9.17, 15) is 0 Å². The summed E-state index contributed by atoms with van der Waals surface area (Å²) in [5.74, 6) is 0. The number of benzene rings is 1. The van der Waals surface area contributed by atoms with E-state index in [2.05, 4.69) is 53.4 Å². The van der Waals surface area contributed by atoms with Crippen LogP contribution in [0.4, 0.5) is 0 Å². The first-order valence-corrected chi connectivity index (χ1v) is 8.49. The second-order valence-corrected chi connectivity index (χ2v) is 6.67. The molecule has 2 fully saturated rings. The summed E-state index contributed by atoms with van der Waals surface area (Å²) in [6.07, 6.45) is 4.14. The third-order valence-electron chi connectivity index (χ3n) is 5.24. The van der Waals surface area contributed by atoms with Crippen molar-refractivity contribution >= 4 is 0 Å². The van der Waals surface area contributed by atoms with Crippen LogP contribution in [0.2, 0.25) is 0 Å². The van der Waals surface area contributed by atoms with Crippen LogP contribution in [0.1, 0.15) is 37.3 Å². The number of nitrogens with one attached hydrogen (secondary N) is 1. The number of nitrogens with zero attached hydrogens (tertiary/aromatic N) is 2. The Kier molecular flexibility index (Phi) is 4.94. The summed E-state index contributed by atoms with van der Waals surface area (Å²) in [7, 11) is 2.32. The Labute approximate surface area is 129 Å². The number of likely N-dealkylation sites (tertiary alicyclic amines) is 1. The zero-order chi connectivity index (χ0) is 14.7. The lowest BCUT2D eigenvalue weighted by atomic mass is 10.1. The highest BCUT2D eigenvalue weighted by Gasteiger charge is 2.34. The maximum atomic E-state index is 3.38. The first-order chi connectivity index (χ1) is 10.3. The van der Waals surface area contributed by atoms with Gasteiger partial charge in [0.15, 0.2) is 0 Å². The molecule has 2 unspecified atom stereocenters. The van der Waals surface area contributed by atoms with Crippen LogP contribution in [0.5, 0.6) is 0 Å². The van der Waals surface area contributed by atoms with Crippen LogP contribution in [-0.4, -0.2) is 48.6 Å². The standard InChI is InChI=1S/C18H29N3/c1-3-19-12-15-4-6-16(7-5-15)13-21-11-10-17-8-9-18(14-21)20(17)2/h4-7,17-19H,3,8-14H2,1-2H3. The van der Waals surface area contributed by atoms with Crippen LogP contribution in [0.15, 0.2) is 24.3 Å². The maximum absolute atomic E-state index is 3.38. The van der Waals surface area contributed by atoms with Gasteiger partial charge in [-0.05, 0) is 44.0 Å².